The number of aromatic amines is 1. The monoisotopic (exact) mass is 432 g/mol. The molecule has 3 rings (SSSR count). The van der Waals surface area contributed by atoms with E-state index in [1.807, 2.05) is 30.9 Å². The zero-order chi connectivity index (χ0) is 21.5. The Balaban J connectivity index is 1.61. The fraction of sp³-hybridized carbons (Fsp3) is 0.545. The quantitative estimate of drug-likeness (QED) is 0.431. The third-order valence-corrected chi connectivity index (χ3v) is 6.08. The average Bonchev–Trinajstić information content (AvgIpc) is 2.75. The highest BCUT2D eigenvalue weighted by Crippen LogP contribution is 2.19. The smallest absolute Gasteiger partial charge is 0.253 e. The highest BCUT2D eigenvalue weighted by molar-refractivity contribution is 7.80. The lowest BCUT2D eigenvalue weighted by Crippen LogP contribution is -2.43. The molecule has 1 aliphatic rings. The van der Waals surface area contributed by atoms with Gasteiger partial charge in [0.1, 0.15) is 0 Å². The van der Waals surface area contributed by atoms with E-state index in [-0.39, 0.29) is 12.2 Å². The van der Waals surface area contributed by atoms with Gasteiger partial charge in [0.15, 0.2) is 5.11 Å². The van der Waals surface area contributed by atoms with E-state index in [9.17, 15) is 9.90 Å². The van der Waals surface area contributed by atoms with Gasteiger partial charge < -0.3 is 25.0 Å². The Morgan fingerprint density at radius 3 is 2.83 bits per heavy atom. The number of thiocarbonyl (C=S) groups is 1. The van der Waals surface area contributed by atoms with Crippen LogP contribution >= 0.6 is 12.2 Å². The Hall–Kier alpha value is -2.00. The largest absolute Gasteiger partial charge is 0.395 e. The van der Waals surface area contributed by atoms with E-state index in [2.05, 4.69) is 21.3 Å². The third kappa shape index (κ3) is 5.78. The summed E-state index contributed by atoms with van der Waals surface area (Å²) in [6.45, 7) is 10.1. The minimum Gasteiger partial charge on any atom is -0.395 e. The molecule has 1 saturated heterocycles. The molecule has 30 heavy (non-hydrogen) atoms. The molecule has 1 fully saturated rings. The molecular formula is C22H32N4O3S. The van der Waals surface area contributed by atoms with E-state index in [1.165, 1.54) is 0 Å². The Morgan fingerprint density at radius 2 is 2.10 bits per heavy atom. The number of aliphatic hydroxyl groups is 1. The lowest BCUT2D eigenvalue weighted by atomic mass is 10.0. The number of morpholine rings is 1. The molecule has 0 saturated carbocycles. The molecule has 3 N–H and O–H groups in total. The lowest BCUT2D eigenvalue weighted by molar-refractivity contribution is 0.0376. The first-order valence-electron chi connectivity index (χ1n) is 10.6. The SMILES string of the molecule is Cc1ccc2cc(CN(CCO)C(=S)NCCCN3CCOCC3)c(=O)[nH]c2c1C. The van der Waals surface area contributed by atoms with Crippen LogP contribution in [0.1, 0.15) is 23.1 Å². The second kappa shape index (κ2) is 10.9. The zero-order valence-electron chi connectivity index (χ0n) is 17.9. The number of pyridine rings is 1. The van der Waals surface area contributed by atoms with Crippen molar-refractivity contribution >= 4 is 28.2 Å². The molecule has 2 heterocycles. The Labute approximate surface area is 183 Å². The third-order valence-electron chi connectivity index (χ3n) is 5.68. The molecule has 2 aromatic rings. The summed E-state index contributed by atoms with van der Waals surface area (Å²) in [4.78, 5) is 19.9. The molecule has 0 amide bonds. The number of fused-ring (bicyclic) bond motifs is 1. The maximum atomic E-state index is 12.7. The number of nitrogens with zero attached hydrogens (tertiary/aromatic N) is 2. The van der Waals surface area contributed by atoms with E-state index < -0.39 is 0 Å². The maximum absolute atomic E-state index is 12.7. The van der Waals surface area contributed by atoms with Gasteiger partial charge in [0.25, 0.3) is 5.56 Å². The van der Waals surface area contributed by atoms with Gasteiger partial charge in [-0.25, -0.2) is 0 Å². The topological polar surface area (TPSA) is 80.8 Å². The van der Waals surface area contributed by atoms with Crippen molar-refractivity contribution in [1.82, 2.24) is 20.1 Å². The van der Waals surface area contributed by atoms with Crippen LogP contribution in [0.3, 0.4) is 0 Å². The van der Waals surface area contributed by atoms with Gasteiger partial charge in [0, 0.05) is 31.7 Å². The van der Waals surface area contributed by atoms with Crippen LogP contribution in [0.2, 0.25) is 0 Å². The molecule has 164 valence electrons. The minimum absolute atomic E-state index is 0.0284. The molecule has 1 aromatic carbocycles. The summed E-state index contributed by atoms with van der Waals surface area (Å²) in [5.41, 5.74) is 3.63. The number of ether oxygens (including phenoxy) is 1. The number of benzene rings is 1. The first-order chi connectivity index (χ1) is 14.5. The van der Waals surface area contributed by atoms with Gasteiger partial charge in [0.05, 0.1) is 31.9 Å². The van der Waals surface area contributed by atoms with Crippen LogP contribution in [0, 0.1) is 13.8 Å². The fourth-order valence-electron chi connectivity index (χ4n) is 3.70. The van der Waals surface area contributed by atoms with Crippen molar-refractivity contribution in [2.75, 3.05) is 52.5 Å². The van der Waals surface area contributed by atoms with Gasteiger partial charge in [-0.05, 0) is 61.6 Å². The van der Waals surface area contributed by atoms with Crippen molar-refractivity contribution < 1.29 is 9.84 Å². The molecule has 1 aliphatic heterocycles. The van der Waals surface area contributed by atoms with Crippen LogP contribution < -0.4 is 10.9 Å². The number of hydrogen-bond acceptors (Lipinski definition) is 5. The Bertz CT molecular complexity index is 924. The van der Waals surface area contributed by atoms with Gasteiger partial charge in [-0.1, -0.05) is 12.1 Å². The van der Waals surface area contributed by atoms with Crippen LogP contribution in [0.25, 0.3) is 10.9 Å². The molecule has 1 aromatic heterocycles. The van der Waals surface area contributed by atoms with E-state index in [4.69, 9.17) is 17.0 Å². The number of hydrogen-bond donors (Lipinski definition) is 3. The lowest BCUT2D eigenvalue weighted by Gasteiger charge is -2.27. The van der Waals surface area contributed by atoms with Crippen LogP contribution in [0.15, 0.2) is 23.0 Å². The first kappa shape index (κ1) is 22.7. The maximum Gasteiger partial charge on any atom is 0.253 e. The van der Waals surface area contributed by atoms with Crippen LogP contribution in [-0.4, -0.2) is 77.5 Å². The van der Waals surface area contributed by atoms with E-state index >= 15 is 0 Å². The predicted octanol–water partition coefficient (Wildman–Crippen LogP) is 1.54. The van der Waals surface area contributed by atoms with E-state index in [0.29, 0.717) is 23.8 Å². The zero-order valence-corrected chi connectivity index (χ0v) is 18.7. The molecule has 8 heteroatoms. The number of nitrogens with one attached hydrogen (secondary N) is 2. The molecule has 0 radical (unpaired) electrons. The highest BCUT2D eigenvalue weighted by Gasteiger charge is 2.14. The second-order valence-electron chi connectivity index (χ2n) is 7.78. The van der Waals surface area contributed by atoms with Crippen molar-refractivity contribution in [3.8, 4) is 0 Å². The Kier molecular flexibility index (Phi) is 8.21. The summed E-state index contributed by atoms with van der Waals surface area (Å²) in [7, 11) is 0. The summed E-state index contributed by atoms with van der Waals surface area (Å²) in [5.74, 6) is 0. The standard InChI is InChI=1S/C22H32N4O3S/c1-16-4-5-18-14-19(21(28)24-20(18)17(16)2)15-26(8-11-27)22(30)23-6-3-7-25-9-12-29-13-10-25/h4-5,14,27H,3,6-13,15H2,1-2H3,(H,23,30)(H,24,28). The first-order valence-corrected chi connectivity index (χ1v) is 11.0. The minimum atomic E-state index is -0.116. The van der Waals surface area contributed by atoms with E-state index in [0.717, 1.165) is 67.8 Å². The summed E-state index contributed by atoms with van der Waals surface area (Å²) in [6.07, 6.45) is 0.974. The van der Waals surface area contributed by atoms with Crippen molar-refractivity contribution in [2.45, 2.75) is 26.8 Å². The summed E-state index contributed by atoms with van der Waals surface area (Å²) in [5, 5.41) is 14.3. The predicted molar refractivity (Wildman–Crippen MR) is 124 cm³/mol. The van der Waals surface area contributed by atoms with Crippen molar-refractivity contribution in [3.63, 3.8) is 0 Å². The van der Waals surface area contributed by atoms with Gasteiger partial charge >= 0.3 is 0 Å². The summed E-state index contributed by atoms with van der Waals surface area (Å²) >= 11 is 5.54. The number of aryl methyl sites for hydroxylation is 2. The normalized spacial score (nSPS) is 14.8. The van der Waals surface area contributed by atoms with Gasteiger partial charge in [0.2, 0.25) is 0 Å². The second-order valence-corrected chi connectivity index (χ2v) is 8.17. The van der Waals surface area contributed by atoms with Crippen LogP contribution in [0.5, 0.6) is 0 Å². The molecule has 0 atom stereocenters. The Morgan fingerprint density at radius 1 is 1.33 bits per heavy atom. The summed E-state index contributed by atoms with van der Waals surface area (Å²) in [6, 6.07) is 6.01. The number of aliphatic hydroxyl groups excluding tert-OH is 1. The number of rotatable bonds is 8. The van der Waals surface area contributed by atoms with E-state index in [1.54, 1.807) is 0 Å². The van der Waals surface area contributed by atoms with Crippen molar-refractivity contribution in [3.05, 3.63) is 45.2 Å². The molecule has 0 spiro atoms. The van der Waals surface area contributed by atoms with Gasteiger partial charge in [-0.3, -0.25) is 9.69 Å². The van der Waals surface area contributed by atoms with Crippen molar-refractivity contribution in [2.24, 2.45) is 0 Å². The van der Waals surface area contributed by atoms with Crippen LogP contribution in [-0.2, 0) is 11.3 Å². The highest BCUT2D eigenvalue weighted by atomic mass is 32.1. The number of H-pyrrole nitrogens is 1. The van der Waals surface area contributed by atoms with Gasteiger partial charge in [-0.2, -0.15) is 0 Å². The van der Waals surface area contributed by atoms with Gasteiger partial charge in [-0.15, -0.1) is 0 Å². The molecule has 0 unspecified atom stereocenters. The average molecular weight is 433 g/mol. The molecule has 7 nitrogen and oxygen atoms in total. The van der Waals surface area contributed by atoms with Crippen LogP contribution in [0.4, 0.5) is 0 Å². The molecule has 0 aliphatic carbocycles. The fourth-order valence-corrected chi connectivity index (χ4v) is 3.96. The van der Waals surface area contributed by atoms with Crippen molar-refractivity contribution in [1.29, 1.82) is 0 Å². The summed E-state index contributed by atoms with van der Waals surface area (Å²) < 4.78 is 5.37. The number of aromatic nitrogens is 1. The molecule has 0 bridgehead atoms. The molecular weight excluding hydrogens is 400 g/mol.